The van der Waals surface area contributed by atoms with Crippen molar-refractivity contribution in [3.8, 4) is 0 Å². The van der Waals surface area contributed by atoms with E-state index in [0.29, 0.717) is 19.4 Å². The van der Waals surface area contributed by atoms with Crippen molar-refractivity contribution in [1.29, 1.82) is 0 Å². The molecule has 1 saturated heterocycles. The molecule has 164 valence electrons. The minimum Gasteiger partial charge on any atom is -0.444 e. The van der Waals surface area contributed by atoms with E-state index in [1.807, 2.05) is 0 Å². The van der Waals surface area contributed by atoms with Gasteiger partial charge in [-0.05, 0) is 46.6 Å². The number of carbonyl (C=O) groups excluding carboxylic acids is 2. The van der Waals surface area contributed by atoms with E-state index in [9.17, 15) is 24.9 Å². The first-order chi connectivity index (χ1) is 13.0. The summed E-state index contributed by atoms with van der Waals surface area (Å²) in [5.41, 5.74) is 4.70. The smallest absolute Gasteiger partial charge is 0.408 e. The predicted molar refractivity (Wildman–Crippen MR) is 98.0 cm³/mol. The number of aliphatic hydroxyl groups excluding tert-OH is 4. The zero-order chi connectivity index (χ0) is 21.5. The Labute approximate surface area is 164 Å². The summed E-state index contributed by atoms with van der Waals surface area (Å²) in [7, 11) is 0. The summed E-state index contributed by atoms with van der Waals surface area (Å²) in [6.45, 7) is 4.85. The van der Waals surface area contributed by atoms with Gasteiger partial charge in [0.05, 0.1) is 6.61 Å². The Morgan fingerprint density at radius 3 is 2.36 bits per heavy atom. The van der Waals surface area contributed by atoms with Crippen LogP contribution in [0.5, 0.6) is 0 Å². The van der Waals surface area contributed by atoms with Crippen LogP contribution in [0.4, 0.5) is 4.79 Å². The van der Waals surface area contributed by atoms with Crippen LogP contribution in [-0.4, -0.2) is 87.9 Å². The van der Waals surface area contributed by atoms with Crippen LogP contribution >= 0.6 is 0 Å². The first kappa shape index (κ1) is 24.5. The number of hydrogen-bond donors (Lipinski definition) is 7. The van der Waals surface area contributed by atoms with Gasteiger partial charge in [-0.3, -0.25) is 4.79 Å². The Bertz CT molecular complexity index is 513. The second-order valence-electron chi connectivity index (χ2n) is 7.75. The fraction of sp³-hybridized carbons (Fsp3) is 0.882. The molecule has 11 nitrogen and oxygen atoms in total. The minimum absolute atomic E-state index is 0.254. The summed E-state index contributed by atoms with van der Waals surface area (Å²) < 4.78 is 10.2. The van der Waals surface area contributed by atoms with Gasteiger partial charge in [-0.2, -0.15) is 0 Å². The number of hydrogen-bond acceptors (Lipinski definition) is 9. The minimum atomic E-state index is -1.65. The normalized spacial score (nSPS) is 29.1. The van der Waals surface area contributed by atoms with Crippen molar-refractivity contribution in [3.05, 3.63) is 0 Å². The number of nitrogens with one attached hydrogen (secondary N) is 2. The Balaban J connectivity index is 2.80. The van der Waals surface area contributed by atoms with Gasteiger partial charge in [0.25, 0.3) is 0 Å². The van der Waals surface area contributed by atoms with Crippen LogP contribution in [0.1, 0.15) is 40.0 Å². The second-order valence-corrected chi connectivity index (χ2v) is 7.75. The number of amides is 2. The standard InChI is InChI=1S/C17H33N3O8/c1-17(2,3)28-16(26)19-9(6-4-5-7-18)14(24)20-11-13(23)12(22)10(8-21)27-15(11)25/h9-13,15,21-23,25H,4-8,18H2,1-3H3,(H,19,26)(H,20,24)/t9-,10?,11-,12+,13?,15+/m0/s1. The van der Waals surface area contributed by atoms with Gasteiger partial charge in [0.15, 0.2) is 6.29 Å². The number of ether oxygens (including phenoxy) is 2. The SMILES string of the molecule is CC(C)(C)OC(=O)N[C@@H](CCCCN)C(=O)N[C@H]1C(O)[C@H](O)C(CO)O[C@H]1O. The summed E-state index contributed by atoms with van der Waals surface area (Å²) in [5.74, 6) is -0.691. The van der Waals surface area contributed by atoms with Crippen molar-refractivity contribution in [2.75, 3.05) is 13.2 Å². The second kappa shape index (κ2) is 10.9. The molecule has 0 aliphatic carbocycles. The summed E-state index contributed by atoms with van der Waals surface area (Å²) in [6.07, 6.45) is -5.26. The zero-order valence-electron chi connectivity index (χ0n) is 16.5. The van der Waals surface area contributed by atoms with Crippen molar-refractivity contribution in [3.63, 3.8) is 0 Å². The molecule has 2 unspecified atom stereocenters. The van der Waals surface area contributed by atoms with Gasteiger partial charge in [0.1, 0.15) is 36.0 Å². The van der Waals surface area contributed by atoms with Crippen molar-refractivity contribution in [1.82, 2.24) is 10.6 Å². The zero-order valence-corrected chi connectivity index (χ0v) is 16.5. The van der Waals surface area contributed by atoms with Crippen LogP contribution in [-0.2, 0) is 14.3 Å². The van der Waals surface area contributed by atoms with E-state index >= 15 is 0 Å². The van der Waals surface area contributed by atoms with Crippen LogP contribution in [0, 0.1) is 0 Å². The summed E-state index contributed by atoms with van der Waals surface area (Å²) >= 11 is 0. The molecule has 6 atom stereocenters. The van der Waals surface area contributed by atoms with Crippen LogP contribution < -0.4 is 16.4 Å². The molecule has 0 saturated carbocycles. The lowest BCUT2D eigenvalue weighted by Crippen LogP contribution is -2.65. The molecule has 1 aliphatic rings. The average Bonchev–Trinajstić information content (AvgIpc) is 2.59. The number of rotatable bonds is 8. The highest BCUT2D eigenvalue weighted by Crippen LogP contribution is 2.20. The van der Waals surface area contributed by atoms with Gasteiger partial charge in [-0.25, -0.2) is 4.79 Å². The number of carbonyl (C=O) groups is 2. The molecule has 0 spiro atoms. The van der Waals surface area contributed by atoms with Crippen LogP contribution in [0.2, 0.25) is 0 Å². The van der Waals surface area contributed by atoms with Gasteiger partial charge < -0.3 is 46.3 Å². The van der Waals surface area contributed by atoms with E-state index in [4.69, 9.17) is 20.3 Å². The van der Waals surface area contributed by atoms with Crippen molar-refractivity contribution >= 4 is 12.0 Å². The van der Waals surface area contributed by atoms with Crippen molar-refractivity contribution in [2.24, 2.45) is 5.73 Å². The maximum atomic E-state index is 12.6. The Morgan fingerprint density at radius 2 is 1.82 bits per heavy atom. The maximum Gasteiger partial charge on any atom is 0.408 e. The monoisotopic (exact) mass is 407 g/mol. The first-order valence-corrected chi connectivity index (χ1v) is 9.30. The lowest BCUT2D eigenvalue weighted by molar-refractivity contribution is -0.254. The lowest BCUT2D eigenvalue weighted by Gasteiger charge is -2.40. The third kappa shape index (κ3) is 7.49. The average molecular weight is 407 g/mol. The Hall–Kier alpha value is -1.50. The Kier molecular flexibility index (Phi) is 9.54. The number of alkyl carbamates (subject to hydrolysis) is 1. The van der Waals surface area contributed by atoms with Gasteiger partial charge in [-0.1, -0.05) is 0 Å². The molecule has 11 heteroatoms. The quantitative estimate of drug-likeness (QED) is 0.222. The molecule has 0 radical (unpaired) electrons. The molecule has 1 heterocycles. The molecular formula is C17H33N3O8. The highest BCUT2D eigenvalue weighted by atomic mass is 16.6. The van der Waals surface area contributed by atoms with E-state index in [0.717, 1.165) is 0 Å². The van der Waals surface area contributed by atoms with E-state index in [1.54, 1.807) is 20.8 Å². The molecule has 0 aromatic rings. The summed E-state index contributed by atoms with van der Waals surface area (Å²) in [6, 6.07) is -2.35. The predicted octanol–water partition coefficient (Wildman–Crippen LogP) is -2.08. The molecule has 1 rings (SSSR count). The fourth-order valence-corrected chi connectivity index (χ4v) is 2.73. The number of unbranched alkanes of at least 4 members (excludes halogenated alkanes) is 1. The molecule has 28 heavy (non-hydrogen) atoms. The third-order valence-corrected chi connectivity index (χ3v) is 4.16. The summed E-state index contributed by atoms with van der Waals surface area (Å²) in [5, 5.41) is 44.0. The highest BCUT2D eigenvalue weighted by molar-refractivity contribution is 5.86. The van der Waals surface area contributed by atoms with Gasteiger partial charge in [0.2, 0.25) is 5.91 Å². The van der Waals surface area contributed by atoms with Crippen LogP contribution in [0.25, 0.3) is 0 Å². The fourth-order valence-electron chi connectivity index (χ4n) is 2.73. The molecule has 1 fully saturated rings. The molecule has 2 amide bonds. The molecule has 0 aromatic heterocycles. The number of aliphatic hydroxyl groups is 4. The number of nitrogens with two attached hydrogens (primary N) is 1. The topological polar surface area (TPSA) is 184 Å². The van der Waals surface area contributed by atoms with Crippen molar-refractivity contribution in [2.45, 2.75) is 82.3 Å². The molecule has 1 aliphatic heterocycles. The third-order valence-electron chi connectivity index (χ3n) is 4.16. The van der Waals surface area contributed by atoms with Crippen molar-refractivity contribution < 1.29 is 39.5 Å². The van der Waals surface area contributed by atoms with E-state index in [1.165, 1.54) is 0 Å². The largest absolute Gasteiger partial charge is 0.444 e. The maximum absolute atomic E-state index is 12.6. The molecular weight excluding hydrogens is 374 g/mol. The lowest BCUT2D eigenvalue weighted by atomic mass is 9.96. The molecule has 8 N–H and O–H groups in total. The Morgan fingerprint density at radius 1 is 1.18 bits per heavy atom. The van der Waals surface area contributed by atoms with Crippen LogP contribution in [0.15, 0.2) is 0 Å². The van der Waals surface area contributed by atoms with Gasteiger partial charge in [0, 0.05) is 0 Å². The van der Waals surface area contributed by atoms with Gasteiger partial charge in [-0.15, -0.1) is 0 Å². The van der Waals surface area contributed by atoms with Gasteiger partial charge >= 0.3 is 6.09 Å². The van der Waals surface area contributed by atoms with Crippen LogP contribution in [0.3, 0.4) is 0 Å². The first-order valence-electron chi connectivity index (χ1n) is 9.30. The van der Waals surface area contributed by atoms with E-state index in [2.05, 4.69) is 10.6 Å². The summed E-state index contributed by atoms with van der Waals surface area (Å²) in [4.78, 5) is 24.7. The van der Waals surface area contributed by atoms with E-state index < -0.39 is 60.9 Å². The molecule has 0 aromatic carbocycles. The molecule has 0 bridgehead atoms. The highest BCUT2D eigenvalue weighted by Gasteiger charge is 2.44. The van der Waals surface area contributed by atoms with E-state index in [-0.39, 0.29) is 6.42 Å².